The van der Waals surface area contributed by atoms with Crippen molar-refractivity contribution in [3.05, 3.63) is 54.1 Å². The fraction of sp³-hybridized carbons (Fsp3) is 0.407. The largest absolute Gasteiger partial charge is 0.464 e. The number of amides is 1. The van der Waals surface area contributed by atoms with Crippen molar-refractivity contribution < 1.29 is 22.7 Å². The molecule has 11 heteroatoms. The molecule has 1 unspecified atom stereocenters. The molecule has 1 atom stereocenters. The molecule has 0 aliphatic rings. The van der Waals surface area contributed by atoms with Crippen molar-refractivity contribution in [1.29, 1.82) is 5.41 Å². The van der Waals surface area contributed by atoms with Crippen molar-refractivity contribution in [3.8, 4) is 11.1 Å². The summed E-state index contributed by atoms with van der Waals surface area (Å²) >= 11 is 1.09. The molecule has 2 aromatic carbocycles. The van der Waals surface area contributed by atoms with Crippen molar-refractivity contribution in [2.75, 3.05) is 27.0 Å². The smallest absolute Gasteiger partial charge is 0.335 e. The quantitative estimate of drug-likeness (QED) is 0.219. The summed E-state index contributed by atoms with van der Waals surface area (Å²) < 4.78 is 34.7. The molecule has 0 saturated carbocycles. The Bertz CT molecular complexity index is 1240. The molecule has 0 heterocycles. The topological polar surface area (TPSA) is 120 Å². The third-order valence-corrected chi connectivity index (χ3v) is 7.50. The minimum absolute atomic E-state index is 0.0299. The van der Waals surface area contributed by atoms with Crippen LogP contribution in [0.15, 0.2) is 57.8 Å². The van der Waals surface area contributed by atoms with E-state index in [1.54, 1.807) is 74.6 Å². The van der Waals surface area contributed by atoms with E-state index >= 15 is 0 Å². The Morgan fingerprint density at radius 3 is 2.34 bits per heavy atom. The van der Waals surface area contributed by atoms with Crippen molar-refractivity contribution >= 4 is 45.0 Å². The highest BCUT2D eigenvalue weighted by atomic mass is 32.2. The summed E-state index contributed by atoms with van der Waals surface area (Å²) in [6.45, 7) is 3.91. The Balaban J connectivity index is 2.44. The number of hydrogen-bond donors (Lipinski definition) is 1. The van der Waals surface area contributed by atoms with Gasteiger partial charge in [-0.1, -0.05) is 55.8 Å². The van der Waals surface area contributed by atoms with E-state index in [2.05, 4.69) is 4.40 Å². The molecule has 2 aromatic rings. The summed E-state index contributed by atoms with van der Waals surface area (Å²) in [6.07, 6.45) is 4.67. The molecule has 2 rings (SSSR count). The number of esters is 1. The Hall–Kier alpha value is -3.18. The number of carbonyl (C=O) groups is 2. The van der Waals surface area contributed by atoms with Crippen molar-refractivity contribution in [3.63, 3.8) is 0 Å². The molecule has 0 radical (unpaired) electrons. The number of nitrogens with one attached hydrogen (secondary N) is 1. The first-order valence-corrected chi connectivity index (χ1v) is 15.0. The predicted molar refractivity (Wildman–Crippen MR) is 153 cm³/mol. The van der Waals surface area contributed by atoms with Crippen LogP contribution in [0.25, 0.3) is 11.1 Å². The van der Waals surface area contributed by atoms with E-state index in [0.29, 0.717) is 17.5 Å². The van der Waals surface area contributed by atoms with Gasteiger partial charge in [0.2, 0.25) is 5.91 Å². The molecule has 38 heavy (non-hydrogen) atoms. The van der Waals surface area contributed by atoms with Gasteiger partial charge in [0.15, 0.2) is 6.04 Å². The molecule has 206 valence electrons. The zero-order chi connectivity index (χ0) is 28.3. The van der Waals surface area contributed by atoms with Crippen LogP contribution in [-0.4, -0.2) is 74.5 Å². The molecule has 0 saturated heterocycles. The van der Waals surface area contributed by atoms with Crippen LogP contribution in [0.1, 0.15) is 38.7 Å². The molecule has 0 aliphatic heterocycles. The van der Waals surface area contributed by atoms with Crippen LogP contribution in [0.3, 0.4) is 0 Å². The van der Waals surface area contributed by atoms with Crippen molar-refractivity contribution in [2.45, 2.75) is 50.6 Å². The second-order valence-corrected chi connectivity index (χ2v) is 11.1. The molecule has 0 bridgehead atoms. The van der Waals surface area contributed by atoms with Crippen LogP contribution in [0.5, 0.6) is 0 Å². The summed E-state index contributed by atoms with van der Waals surface area (Å²) in [6, 6.07) is 12.6. The predicted octanol–water partition coefficient (Wildman–Crippen LogP) is 4.42. The van der Waals surface area contributed by atoms with Gasteiger partial charge < -0.3 is 14.5 Å². The highest BCUT2D eigenvalue weighted by molar-refractivity contribution is 8.13. The number of hydrogen-bond acceptors (Lipinski definition) is 7. The minimum Gasteiger partial charge on any atom is -0.464 e. The number of thioether (sulfide) groups is 1. The normalized spacial score (nSPS) is 12.2. The van der Waals surface area contributed by atoms with Crippen LogP contribution in [-0.2, 0) is 30.9 Å². The summed E-state index contributed by atoms with van der Waals surface area (Å²) in [5, 5.41) is 8.39. The number of sulfonamides is 1. The van der Waals surface area contributed by atoms with Gasteiger partial charge in [-0.05, 0) is 36.8 Å². The monoisotopic (exact) mass is 560 g/mol. The first-order chi connectivity index (χ1) is 18.0. The first kappa shape index (κ1) is 31.0. The maximum absolute atomic E-state index is 13.2. The van der Waals surface area contributed by atoms with E-state index in [1.807, 2.05) is 6.92 Å². The van der Waals surface area contributed by atoms with Gasteiger partial charge in [-0.3, -0.25) is 10.2 Å². The molecule has 0 aliphatic carbocycles. The van der Waals surface area contributed by atoms with Gasteiger partial charge in [0, 0.05) is 32.6 Å². The third kappa shape index (κ3) is 8.42. The van der Waals surface area contributed by atoms with Crippen LogP contribution >= 0.6 is 11.8 Å². The summed E-state index contributed by atoms with van der Waals surface area (Å²) in [7, 11) is -0.549. The molecule has 0 aromatic heterocycles. The maximum atomic E-state index is 13.2. The Morgan fingerprint density at radius 1 is 1.11 bits per heavy atom. The summed E-state index contributed by atoms with van der Waals surface area (Å²) in [5.41, 5.74) is 1.89. The molecular weight excluding hydrogens is 524 g/mol. The lowest BCUT2D eigenvalue weighted by Gasteiger charge is -2.30. The molecule has 1 N–H and O–H groups in total. The Labute approximate surface area is 229 Å². The lowest BCUT2D eigenvalue weighted by molar-refractivity contribution is -0.152. The molecule has 0 spiro atoms. The fourth-order valence-electron chi connectivity index (χ4n) is 3.63. The van der Waals surface area contributed by atoms with E-state index in [9.17, 15) is 18.0 Å². The first-order valence-electron chi connectivity index (χ1n) is 12.3. The average molecular weight is 561 g/mol. The third-order valence-electron chi connectivity index (χ3n) is 5.55. The second-order valence-electron chi connectivity index (χ2n) is 8.70. The van der Waals surface area contributed by atoms with Gasteiger partial charge in [-0.2, -0.15) is 8.42 Å². The van der Waals surface area contributed by atoms with Gasteiger partial charge in [-0.15, -0.1) is 16.2 Å². The number of rotatable bonds is 13. The second kappa shape index (κ2) is 14.7. The number of benzene rings is 2. The number of carbonyl (C=O) groups excluding carboxylic acids is 2. The standard InChI is InChI=1S/C27H36N4O5S2/c1-6-8-13-24(32)31(25(26(28)37-5)27(33)36-7-2)18-20-14-16-21(17-15-20)22-11-9-10-12-23(22)38(34,35)29-19-30(3)4/h9-12,14-17,19,25,28H,6-8,13,18H2,1-5H3. The zero-order valence-corrected chi connectivity index (χ0v) is 24.1. The van der Waals surface area contributed by atoms with Crippen molar-refractivity contribution in [2.24, 2.45) is 4.40 Å². The zero-order valence-electron chi connectivity index (χ0n) is 22.5. The fourth-order valence-corrected chi connectivity index (χ4v) is 5.22. The van der Waals surface area contributed by atoms with E-state index in [0.717, 1.165) is 23.7 Å². The molecule has 1 amide bonds. The van der Waals surface area contributed by atoms with Crippen LogP contribution in [0.2, 0.25) is 0 Å². The van der Waals surface area contributed by atoms with Gasteiger partial charge in [0.1, 0.15) is 6.34 Å². The lowest BCUT2D eigenvalue weighted by atomic mass is 10.0. The number of ether oxygens (including phenoxy) is 1. The van der Waals surface area contributed by atoms with Gasteiger partial charge in [0.05, 0.1) is 16.5 Å². The average Bonchev–Trinajstić information content (AvgIpc) is 2.90. The van der Waals surface area contributed by atoms with E-state index in [4.69, 9.17) is 10.1 Å². The van der Waals surface area contributed by atoms with Gasteiger partial charge >= 0.3 is 5.97 Å². The van der Waals surface area contributed by atoms with E-state index < -0.39 is 22.0 Å². The van der Waals surface area contributed by atoms with Crippen LogP contribution < -0.4 is 0 Å². The lowest BCUT2D eigenvalue weighted by Crippen LogP contribution is -2.49. The molecular formula is C27H36N4O5S2. The minimum atomic E-state index is -3.92. The maximum Gasteiger partial charge on any atom is 0.335 e. The van der Waals surface area contributed by atoms with Gasteiger partial charge in [0.25, 0.3) is 10.0 Å². The van der Waals surface area contributed by atoms with Crippen LogP contribution in [0, 0.1) is 5.41 Å². The van der Waals surface area contributed by atoms with Gasteiger partial charge in [-0.25, -0.2) is 4.79 Å². The molecule has 9 nitrogen and oxygen atoms in total. The number of nitrogens with zero attached hydrogens (tertiary/aromatic N) is 3. The van der Waals surface area contributed by atoms with Crippen LogP contribution in [0.4, 0.5) is 0 Å². The van der Waals surface area contributed by atoms with Crippen molar-refractivity contribution in [1.82, 2.24) is 9.80 Å². The Morgan fingerprint density at radius 2 is 1.76 bits per heavy atom. The summed E-state index contributed by atoms with van der Waals surface area (Å²) in [5.74, 6) is -0.867. The highest BCUT2D eigenvalue weighted by Gasteiger charge is 2.34. The van der Waals surface area contributed by atoms with E-state index in [1.165, 1.54) is 17.3 Å². The highest BCUT2D eigenvalue weighted by Crippen LogP contribution is 2.29. The van der Waals surface area contributed by atoms with E-state index in [-0.39, 0.29) is 35.4 Å². The summed E-state index contributed by atoms with van der Waals surface area (Å²) in [4.78, 5) is 29.0. The molecule has 0 fully saturated rings. The Kier molecular flexibility index (Phi) is 12.0. The number of unbranched alkanes of at least 4 members (excludes halogenated alkanes) is 1. The SMILES string of the molecule is CCCCC(=O)N(Cc1ccc(-c2ccccc2S(=O)(=O)N=CN(C)C)cc1)C(C(=N)SC)C(=O)OCC.